The zero-order valence-corrected chi connectivity index (χ0v) is 20.5. The first-order chi connectivity index (χ1) is 15.7. The zero-order chi connectivity index (χ0) is 23.3. The van der Waals surface area contributed by atoms with Crippen molar-refractivity contribution in [2.24, 2.45) is 0 Å². The zero-order valence-electron chi connectivity index (χ0n) is 18.9. The first-order valence-electron chi connectivity index (χ1n) is 11.0. The highest BCUT2D eigenvalue weighted by atomic mass is 32.2. The molecule has 2 aromatic carbocycles. The van der Waals surface area contributed by atoms with Crippen molar-refractivity contribution in [2.75, 3.05) is 6.54 Å². The molecular weight excluding hydrogens is 457 g/mol. The third kappa shape index (κ3) is 4.23. The molecule has 33 heavy (non-hydrogen) atoms. The highest BCUT2D eigenvalue weighted by Crippen LogP contribution is 2.35. The van der Waals surface area contributed by atoms with Gasteiger partial charge in [-0.2, -0.15) is 4.31 Å². The van der Waals surface area contributed by atoms with Crippen LogP contribution in [-0.2, 0) is 16.4 Å². The van der Waals surface area contributed by atoms with Crippen LogP contribution >= 0.6 is 11.3 Å². The monoisotopic (exact) mass is 483 g/mol. The van der Waals surface area contributed by atoms with Gasteiger partial charge >= 0.3 is 0 Å². The van der Waals surface area contributed by atoms with E-state index in [4.69, 9.17) is 0 Å². The lowest BCUT2D eigenvalue weighted by Crippen LogP contribution is -2.36. The van der Waals surface area contributed by atoms with Crippen LogP contribution in [0.4, 0.5) is 4.39 Å². The molecule has 1 aliphatic rings. The Balaban J connectivity index is 1.42. The number of hydrogen-bond acceptors (Lipinski definition) is 4. The summed E-state index contributed by atoms with van der Waals surface area (Å²) < 4.78 is 44.3. The minimum Gasteiger partial charge on any atom is -0.294 e. The number of rotatable bonds is 7. The maximum absolute atomic E-state index is 13.7. The molecule has 1 saturated carbocycles. The molecule has 0 bridgehead atoms. The molecule has 0 amide bonds. The van der Waals surface area contributed by atoms with Crippen LogP contribution in [0.25, 0.3) is 16.2 Å². The molecule has 1 aliphatic carbocycles. The second-order valence-electron chi connectivity index (χ2n) is 8.84. The fourth-order valence-electron chi connectivity index (χ4n) is 4.55. The first kappa shape index (κ1) is 22.3. The lowest BCUT2D eigenvalue weighted by molar-refractivity contribution is 0.405. The maximum atomic E-state index is 13.7. The van der Waals surface area contributed by atoms with Gasteiger partial charge in [0.2, 0.25) is 10.0 Å². The first-order valence-corrected chi connectivity index (χ1v) is 13.4. The SMILES string of the molecule is Cc1cc(C)c(S(=O)(=O)N(CCc2csc3nc(-c4ccc(F)cc4)cn23)C2CC2)c(C)c1. The summed E-state index contributed by atoms with van der Waals surface area (Å²) in [7, 11) is -3.59. The van der Waals surface area contributed by atoms with Gasteiger partial charge in [-0.05, 0) is 69.0 Å². The Hall–Kier alpha value is -2.55. The van der Waals surface area contributed by atoms with E-state index in [1.54, 1.807) is 16.4 Å². The maximum Gasteiger partial charge on any atom is 0.243 e. The molecule has 5 nitrogen and oxygen atoms in total. The number of benzene rings is 2. The highest BCUT2D eigenvalue weighted by molar-refractivity contribution is 7.89. The van der Waals surface area contributed by atoms with Gasteiger partial charge in [-0.3, -0.25) is 4.40 Å². The van der Waals surface area contributed by atoms with Gasteiger partial charge in [0, 0.05) is 41.8 Å². The van der Waals surface area contributed by atoms with E-state index in [9.17, 15) is 12.8 Å². The Morgan fingerprint density at radius 2 is 1.79 bits per heavy atom. The summed E-state index contributed by atoms with van der Waals surface area (Å²) in [4.78, 5) is 5.95. The van der Waals surface area contributed by atoms with Gasteiger partial charge < -0.3 is 0 Å². The van der Waals surface area contributed by atoms with E-state index in [1.807, 2.05) is 48.9 Å². The molecule has 2 aromatic heterocycles. The van der Waals surface area contributed by atoms with E-state index < -0.39 is 10.0 Å². The summed E-state index contributed by atoms with van der Waals surface area (Å²) in [5.41, 5.74) is 5.32. The van der Waals surface area contributed by atoms with Crippen LogP contribution in [0.2, 0.25) is 0 Å². The van der Waals surface area contributed by atoms with Crippen LogP contribution in [0, 0.1) is 26.6 Å². The molecule has 5 rings (SSSR count). The van der Waals surface area contributed by atoms with Crippen molar-refractivity contribution in [3.8, 4) is 11.3 Å². The van der Waals surface area contributed by atoms with Crippen LogP contribution in [0.5, 0.6) is 0 Å². The second-order valence-corrected chi connectivity index (χ2v) is 11.5. The van der Waals surface area contributed by atoms with E-state index in [0.717, 1.165) is 51.4 Å². The molecule has 0 atom stereocenters. The number of hydrogen-bond donors (Lipinski definition) is 0. The predicted molar refractivity (Wildman–Crippen MR) is 130 cm³/mol. The molecule has 1 fully saturated rings. The van der Waals surface area contributed by atoms with E-state index in [0.29, 0.717) is 17.9 Å². The van der Waals surface area contributed by atoms with Crippen LogP contribution in [0.15, 0.2) is 52.9 Å². The van der Waals surface area contributed by atoms with Crippen molar-refractivity contribution in [1.29, 1.82) is 0 Å². The van der Waals surface area contributed by atoms with Crippen LogP contribution < -0.4 is 0 Å². The average Bonchev–Trinajstić information content (AvgIpc) is 3.36. The smallest absolute Gasteiger partial charge is 0.243 e. The van der Waals surface area contributed by atoms with Gasteiger partial charge in [-0.1, -0.05) is 17.7 Å². The Kier molecular flexibility index (Phi) is 5.63. The Morgan fingerprint density at radius 1 is 1.12 bits per heavy atom. The molecule has 8 heteroatoms. The van der Waals surface area contributed by atoms with Gasteiger partial charge in [0.25, 0.3) is 0 Å². The average molecular weight is 484 g/mol. The van der Waals surface area contributed by atoms with Crippen molar-refractivity contribution in [3.05, 3.63) is 76.2 Å². The summed E-state index contributed by atoms with van der Waals surface area (Å²) in [5.74, 6) is -0.277. The van der Waals surface area contributed by atoms with Gasteiger partial charge in [-0.25, -0.2) is 17.8 Å². The Labute approximate surface area is 197 Å². The molecule has 0 spiro atoms. The number of fused-ring (bicyclic) bond motifs is 1. The number of thiazole rings is 1. The number of imidazole rings is 1. The van der Waals surface area contributed by atoms with Crippen LogP contribution in [0.1, 0.15) is 35.2 Å². The fraction of sp³-hybridized carbons (Fsp3) is 0.320. The molecule has 0 saturated heterocycles. The molecule has 0 aliphatic heterocycles. The van der Waals surface area contributed by atoms with Crippen molar-refractivity contribution >= 4 is 26.3 Å². The van der Waals surface area contributed by atoms with Gasteiger partial charge in [0.15, 0.2) is 4.96 Å². The van der Waals surface area contributed by atoms with Crippen molar-refractivity contribution in [1.82, 2.24) is 13.7 Å². The van der Waals surface area contributed by atoms with Gasteiger partial charge in [0.1, 0.15) is 5.82 Å². The largest absolute Gasteiger partial charge is 0.294 e. The van der Waals surface area contributed by atoms with E-state index in [-0.39, 0.29) is 11.9 Å². The quantitative estimate of drug-likeness (QED) is 0.348. The third-order valence-corrected chi connectivity index (χ3v) is 9.28. The highest BCUT2D eigenvalue weighted by Gasteiger charge is 2.39. The van der Waals surface area contributed by atoms with Crippen LogP contribution in [-0.4, -0.2) is 34.7 Å². The second kappa shape index (κ2) is 8.34. The number of sulfonamides is 1. The number of aromatic nitrogens is 2. The lowest BCUT2D eigenvalue weighted by atomic mass is 10.1. The molecule has 172 valence electrons. The standard InChI is InChI=1S/C25H26FN3O2S2/c1-16-12-17(2)24(18(3)13-16)33(30,31)29(21-8-9-21)11-10-22-15-32-25-27-23(14-28(22)25)19-4-6-20(26)7-5-19/h4-7,12-15,21H,8-11H2,1-3H3. The van der Waals surface area contributed by atoms with E-state index in [1.165, 1.54) is 23.5 Å². The third-order valence-electron chi connectivity index (χ3n) is 6.14. The normalized spacial score (nSPS) is 14.5. The van der Waals surface area contributed by atoms with Crippen molar-refractivity contribution < 1.29 is 12.8 Å². The summed E-state index contributed by atoms with van der Waals surface area (Å²) in [6.07, 6.45) is 4.35. The fourth-order valence-corrected chi connectivity index (χ4v) is 7.55. The molecular formula is C25H26FN3O2S2. The summed E-state index contributed by atoms with van der Waals surface area (Å²) in [6, 6.07) is 10.2. The lowest BCUT2D eigenvalue weighted by Gasteiger charge is -2.24. The predicted octanol–water partition coefficient (Wildman–Crippen LogP) is 5.52. The number of aryl methyl sites for hydroxylation is 3. The minimum absolute atomic E-state index is 0.0711. The van der Waals surface area contributed by atoms with E-state index >= 15 is 0 Å². The van der Waals surface area contributed by atoms with Crippen LogP contribution in [0.3, 0.4) is 0 Å². The van der Waals surface area contributed by atoms with E-state index in [2.05, 4.69) is 4.98 Å². The topological polar surface area (TPSA) is 54.7 Å². The summed E-state index contributed by atoms with van der Waals surface area (Å²) in [6.45, 7) is 6.17. The summed E-state index contributed by atoms with van der Waals surface area (Å²) in [5, 5.41) is 2.04. The molecule has 0 unspecified atom stereocenters. The van der Waals surface area contributed by atoms with Crippen molar-refractivity contribution in [2.45, 2.75) is 51.0 Å². The molecule has 0 N–H and O–H groups in total. The molecule has 0 radical (unpaired) electrons. The molecule has 4 aromatic rings. The van der Waals surface area contributed by atoms with Gasteiger partial charge in [0.05, 0.1) is 10.6 Å². The van der Waals surface area contributed by atoms with Crippen molar-refractivity contribution in [3.63, 3.8) is 0 Å². The minimum atomic E-state index is -3.59. The number of halogens is 1. The Bertz CT molecular complexity index is 1410. The molecule has 2 heterocycles. The Morgan fingerprint density at radius 3 is 2.42 bits per heavy atom. The number of nitrogens with zero attached hydrogens (tertiary/aromatic N) is 3. The van der Waals surface area contributed by atoms with Gasteiger partial charge in [-0.15, -0.1) is 11.3 Å². The summed E-state index contributed by atoms with van der Waals surface area (Å²) >= 11 is 1.53.